The second-order valence-corrected chi connectivity index (χ2v) is 9.07. The molecule has 0 bridgehead atoms. The molecule has 158 valence electrons. The predicted molar refractivity (Wildman–Crippen MR) is 119 cm³/mol. The number of nitrogens with one attached hydrogen (secondary N) is 2. The van der Waals surface area contributed by atoms with Gasteiger partial charge in [-0.25, -0.2) is 4.39 Å². The number of thioether (sulfide) groups is 1. The SMILES string of the molecule is CC(Sc1nnc(-c2c[nH]c3ccccc23)n1C1CC1)C(=O)NCc1ccc(F)cc1. The Kier molecular flexibility index (Phi) is 5.23. The van der Waals surface area contributed by atoms with E-state index < -0.39 is 0 Å². The molecule has 0 radical (unpaired) electrons. The quantitative estimate of drug-likeness (QED) is 0.413. The molecule has 2 heterocycles. The number of benzene rings is 2. The maximum absolute atomic E-state index is 13.0. The summed E-state index contributed by atoms with van der Waals surface area (Å²) >= 11 is 1.41. The molecule has 2 aromatic heterocycles. The first-order valence-electron chi connectivity index (χ1n) is 10.3. The van der Waals surface area contributed by atoms with Crippen LogP contribution in [0.4, 0.5) is 4.39 Å². The summed E-state index contributed by atoms with van der Waals surface area (Å²) in [6, 6.07) is 14.6. The van der Waals surface area contributed by atoms with Crippen LogP contribution in [0.3, 0.4) is 0 Å². The molecule has 1 saturated carbocycles. The van der Waals surface area contributed by atoms with Gasteiger partial charge in [0.05, 0.1) is 5.25 Å². The van der Waals surface area contributed by atoms with Gasteiger partial charge in [0, 0.05) is 35.2 Å². The van der Waals surface area contributed by atoms with Crippen LogP contribution < -0.4 is 5.32 Å². The number of carbonyl (C=O) groups excluding carboxylic acids is 1. The number of fused-ring (bicyclic) bond motifs is 1. The van der Waals surface area contributed by atoms with E-state index in [1.165, 1.54) is 23.9 Å². The predicted octanol–water partition coefficient (Wildman–Crippen LogP) is 4.70. The van der Waals surface area contributed by atoms with Crippen molar-refractivity contribution in [1.82, 2.24) is 25.1 Å². The van der Waals surface area contributed by atoms with Crippen molar-refractivity contribution < 1.29 is 9.18 Å². The molecule has 2 N–H and O–H groups in total. The lowest BCUT2D eigenvalue weighted by atomic mass is 10.1. The highest BCUT2D eigenvalue weighted by atomic mass is 32.2. The van der Waals surface area contributed by atoms with Crippen LogP contribution >= 0.6 is 11.8 Å². The highest BCUT2D eigenvalue weighted by molar-refractivity contribution is 8.00. The molecule has 1 fully saturated rings. The Bertz CT molecular complexity index is 1230. The highest BCUT2D eigenvalue weighted by Gasteiger charge is 2.32. The Hall–Kier alpha value is -3.13. The topological polar surface area (TPSA) is 75.6 Å². The van der Waals surface area contributed by atoms with Crippen molar-refractivity contribution >= 4 is 28.6 Å². The van der Waals surface area contributed by atoms with Gasteiger partial charge in [-0.2, -0.15) is 0 Å². The summed E-state index contributed by atoms with van der Waals surface area (Å²) in [6.07, 6.45) is 4.15. The van der Waals surface area contributed by atoms with Crippen LogP contribution in [0.2, 0.25) is 0 Å². The van der Waals surface area contributed by atoms with Gasteiger partial charge in [-0.15, -0.1) is 10.2 Å². The van der Waals surface area contributed by atoms with Crippen molar-refractivity contribution in [3.63, 3.8) is 0 Å². The molecule has 5 rings (SSSR count). The lowest BCUT2D eigenvalue weighted by Crippen LogP contribution is -2.30. The third kappa shape index (κ3) is 4.07. The van der Waals surface area contributed by atoms with E-state index in [-0.39, 0.29) is 17.0 Å². The monoisotopic (exact) mass is 435 g/mol. The van der Waals surface area contributed by atoms with Crippen molar-refractivity contribution in [2.24, 2.45) is 0 Å². The van der Waals surface area contributed by atoms with Crippen LogP contribution in [-0.4, -0.2) is 30.9 Å². The first-order chi connectivity index (χ1) is 15.1. The highest BCUT2D eigenvalue weighted by Crippen LogP contribution is 2.42. The first kappa shape index (κ1) is 19.8. The molecular weight excluding hydrogens is 413 g/mol. The fraction of sp³-hybridized carbons (Fsp3) is 0.261. The summed E-state index contributed by atoms with van der Waals surface area (Å²) in [6.45, 7) is 2.22. The summed E-state index contributed by atoms with van der Waals surface area (Å²) < 4.78 is 15.2. The van der Waals surface area contributed by atoms with E-state index in [4.69, 9.17) is 0 Å². The van der Waals surface area contributed by atoms with E-state index >= 15 is 0 Å². The van der Waals surface area contributed by atoms with E-state index in [2.05, 4.69) is 31.1 Å². The first-order valence-corrected chi connectivity index (χ1v) is 11.2. The normalized spacial score (nSPS) is 14.6. The lowest BCUT2D eigenvalue weighted by Gasteiger charge is -2.13. The molecule has 2 aromatic carbocycles. The zero-order valence-corrected chi connectivity index (χ0v) is 17.8. The molecule has 1 unspecified atom stereocenters. The van der Waals surface area contributed by atoms with Gasteiger partial charge in [0.15, 0.2) is 11.0 Å². The summed E-state index contributed by atoms with van der Waals surface area (Å²) in [4.78, 5) is 15.9. The van der Waals surface area contributed by atoms with E-state index in [0.29, 0.717) is 12.6 Å². The van der Waals surface area contributed by atoms with Gasteiger partial charge < -0.3 is 10.3 Å². The molecule has 0 aliphatic heterocycles. The zero-order chi connectivity index (χ0) is 21.4. The van der Waals surface area contributed by atoms with Gasteiger partial charge in [-0.05, 0) is 43.5 Å². The Labute approximate surface area is 183 Å². The van der Waals surface area contributed by atoms with Crippen molar-refractivity contribution in [1.29, 1.82) is 0 Å². The van der Waals surface area contributed by atoms with Gasteiger partial charge in [-0.1, -0.05) is 42.1 Å². The molecule has 1 aliphatic carbocycles. The van der Waals surface area contributed by atoms with E-state index in [1.54, 1.807) is 12.1 Å². The number of H-pyrrole nitrogens is 1. The molecule has 1 aliphatic rings. The van der Waals surface area contributed by atoms with Gasteiger partial charge in [-0.3, -0.25) is 9.36 Å². The minimum atomic E-state index is -0.335. The van der Waals surface area contributed by atoms with Crippen LogP contribution in [0.5, 0.6) is 0 Å². The van der Waals surface area contributed by atoms with Crippen molar-refractivity contribution in [3.8, 4) is 11.4 Å². The maximum atomic E-state index is 13.0. The number of hydrogen-bond donors (Lipinski definition) is 2. The van der Waals surface area contributed by atoms with Crippen LogP contribution in [0.15, 0.2) is 59.9 Å². The molecule has 1 amide bonds. The number of halogens is 1. The Balaban J connectivity index is 1.33. The van der Waals surface area contributed by atoms with Gasteiger partial charge in [0.1, 0.15) is 5.82 Å². The standard InChI is InChI=1S/C23H22FN5OS/c1-14(22(30)26-12-15-6-8-16(24)9-7-15)31-23-28-27-21(29(23)17-10-11-17)19-13-25-20-5-3-2-4-18(19)20/h2-9,13-14,17,25H,10-12H2,1H3,(H,26,30). The van der Waals surface area contributed by atoms with E-state index in [0.717, 1.165) is 45.9 Å². The molecule has 31 heavy (non-hydrogen) atoms. The van der Waals surface area contributed by atoms with Crippen molar-refractivity contribution in [2.45, 2.75) is 42.8 Å². The summed E-state index contributed by atoms with van der Waals surface area (Å²) in [5, 5.41) is 13.4. The van der Waals surface area contributed by atoms with Crippen LogP contribution in [0.1, 0.15) is 31.4 Å². The molecule has 1 atom stereocenters. The minimum absolute atomic E-state index is 0.0895. The average molecular weight is 436 g/mol. The number of amides is 1. The Morgan fingerprint density at radius 2 is 2.00 bits per heavy atom. The fourth-order valence-corrected chi connectivity index (χ4v) is 4.55. The average Bonchev–Trinajstić information content (AvgIpc) is 3.40. The van der Waals surface area contributed by atoms with Gasteiger partial charge >= 0.3 is 0 Å². The minimum Gasteiger partial charge on any atom is -0.360 e. The number of rotatable bonds is 7. The summed E-state index contributed by atoms with van der Waals surface area (Å²) in [7, 11) is 0. The van der Waals surface area contributed by atoms with Gasteiger partial charge in [0.25, 0.3) is 0 Å². The second-order valence-electron chi connectivity index (χ2n) is 7.76. The Morgan fingerprint density at radius 1 is 1.23 bits per heavy atom. The molecule has 6 nitrogen and oxygen atoms in total. The second kappa shape index (κ2) is 8.19. The number of aromatic amines is 1. The zero-order valence-electron chi connectivity index (χ0n) is 17.0. The van der Waals surface area contributed by atoms with Crippen molar-refractivity contribution in [3.05, 3.63) is 66.1 Å². The number of para-hydroxylation sites is 1. The van der Waals surface area contributed by atoms with Gasteiger partial charge in [0.2, 0.25) is 5.91 Å². The van der Waals surface area contributed by atoms with Crippen LogP contribution in [0.25, 0.3) is 22.3 Å². The van der Waals surface area contributed by atoms with E-state index in [1.807, 2.05) is 31.3 Å². The summed E-state index contributed by atoms with van der Waals surface area (Å²) in [5.74, 6) is 0.458. The number of hydrogen-bond acceptors (Lipinski definition) is 4. The lowest BCUT2D eigenvalue weighted by molar-refractivity contribution is -0.120. The smallest absolute Gasteiger partial charge is 0.233 e. The third-order valence-corrected chi connectivity index (χ3v) is 6.49. The van der Waals surface area contributed by atoms with Crippen LogP contribution in [0, 0.1) is 5.82 Å². The molecule has 0 saturated heterocycles. The number of carbonyl (C=O) groups is 1. The molecule has 8 heteroatoms. The molecule has 4 aromatic rings. The Morgan fingerprint density at radius 3 is 2.77 bits per heavy atom. The number of aromatic nitrogens is 4. The maximum Gasteiger partial charge on any atom is 0.233 e. The van der Waals surface area contributed by atoms with E-state index in [9.17, 15) is 9.18 Å². The molecule has 0 spiro atoms. The number of nitrogens with zero attached hydrogens (tertiary/aromatic N) is 3. The van der Waals surface area contributed by atoms with Crippen LogP contribution in [-0.2, 0) is 11.3 Å². The largest absolute Gasteiger partial charge is 0.360 e. The summed E-state index contributed by atoms with van der Waals surface area (Å²) in [5.41, 5.74) is 2.94. The fourth-order valence-electron chi connectivity index (χ4n) is 3.61. The van der Waals surface area contributed by atoms with Crippen molar-refractivity contribution in [2.75, 3.05) is 0 Å². The molecular formula is C23H22FN5OS. The third-order valence-electron chi connectivity index (χ3n) is 5.44.